The molecule has 2 unspecified atom stereocenters. The van der Waals surface area contributed by atoms with Gasteiger partial charge in [-0.3, -0.25) is 0 Å². The predicted octanol–water partition coefficient (Wildman–Crippen LogP) is 2.12. The fourth-order valence-electron chi connectivity index (χ4n) is 2.74. The molecule has 0 aromatic heterocycles. The molecule has 1 fully saturated rings. The summed E-state index contributed by atoms with van der Waals surface area (Å²) in [6.45, 7) is 10.2. The van der Waals surface area contributed by atoms with Gasteiger partial charge in [-0.05, 0) is 45.2 Å². The van der Waals surface area contributed by atoms with Crippen molar-refractivity contribution in [2.24, 2.45) is 5.92 Å². The van der Waals surface area contributed by atoms with Crippen molar-refractivity contribution in [1.29, 1.82) is 0 Å². The largest absolute Gasteiger partial charge is 0.383 e. The number of hydrogen-bond acceptors (Lipinski definition) is 3. The van der Waals surface area contributed by atoms with E-state index in [1.165, 1.54) is 38.8 Å². The SMILES string of the molecule is CCCC(C)N1CCCC(CNCCOC)C1. The first kappa shape index (κ1) is 14.9. The fraction of sp³-hybridized carbons (Fsp3) is 1.00. The average molecular weight is 242 g/mol. The molecule has 0 aromatic carbocycles. The summed E-state index contributed by atoms with van der Waals surface area (Å²) >= 11 is 0. The van der Waals surface area contributed by atoms with Gasteiger partial charge in [0, 0.05) is 26.2 Å². The normalized spacial score (nSPS) is 23.8. The van der Waals surface area contributed by atoms with E-state index in [1.807, 2.05) is 0 Å². The van der Waals surface area contributed by atoms with Gasteiger partial charge in [0.1, 0.15) is 0 Å². The quantitative estimate of drug-likeness (QED) is 0.660. The molecule has 17 heavy (non-hydrogen) atoms. The minimum Gasteiger partial charge on any atom is -0.383 e. The van der Waals surface area contributed by atoms with E-state index in [0.717, 1.165) is 31.7 Å². The molecule has 1 heterocycles. The monoisotopic (exact) mass is 242 g/mol. The van der Waals surface area contributed by atoms with Gasteiger partial charge in [0.05, 0.1) is 6.61 Å². The van der Waals surface area contributed by atoms with E-state index in [4.69, 9.17) is 4.74 Å². The number of likely N-dealkylation sites (tertiary alicyclic amines) is 1. The second-order valence-corrected chi connectivity index (χ2v) is 5.34. The van der Waals surface area contributed by atoms with Gasteiger partial charge in [-0.15, -0.1) is 0 Å². The fourth-order valence-corrected chi connectivity index (χ4v) is 2.74. The molecule has 102 valence electrons. The van der Waals surface area contributed by atoms with Crippen LogP contribution in [0, 0.1) is 5.92 Å². The van der Waals surface area contributed by atoms with Crippen LogP contribution < -0.4 is 5.32 Å². The maximum absolute atomic E-state index is 5.05. The lowest BCUT2D eigenvalue weighted by Crippen LogP contribution is -2.44. The third-order valence-corrected chi connectivity index (χ3v) is 3.80. The summed E-state index contributed by atoms with van der Waals surface area (Å²) in [5, 5.41) is 3.50. The number of methoxy groups -OCH3 is 1. The Morgan fingerprint density at radius 2 is 2.29 bits per heavy atom. The van der Waals surface area contributed by atoms with E-state index in [0.29, 0.717) is 0 Å². The Morgan fingerprint density at radius 3 is 3.00 bits per heavy atom. The highest BCUT2D eigenvalue weighted by atomic mass is 16.5. The van der Waals surface area contributed by atoms with Crippen molar-refractivity contribution in [2.75, 3.05) is 39.9 Å². The Labute approximate surface area is 107 Å². The molecule has 0 spiro atoms. The first-order valence-corrected chi connectivity index (χ1v) is 7.21. The summed E-state index contributed by atoms with van der Waals surface area (Å²) in [5.74, 6) is 0.833. The van der Waals surface area contributed by atoms with Gasteiger partial charge in [-0.1, -0.05) is 13.3 Å². The summed E-state index contributed by atoms with van der Waals surface area (Å²) in [6.07, 6.45) is 5.39. The molecular formula is C14H30N2O. The van der Waals surface area contributed by atoms with Gasteiger partial charge in [-0.25, -0.2) is 0 Å². The molecule has 1 rings (SSSR count). The van der Waals surface area contributed by atoms with Gasteiger partial charge < -0.3 is 15.0 Å². The zero-order valence-electron chi connectivity index (χ0n) is 11.9. The van der Waals surface area contributed by atoms with Gasteiger partial charge in [0.25, 0.3) is 0 Å². The van der Waals surface area contributed by atoms with Crippen LogP contribution in [0.15, 0.2) is 0 Å². The number of hydrogen-bond donors (Lipinski definition) is 1. The van der Waals surface area contributed by atoms with Crippen LogP contribution >= 0.6 is 0 Å². The third-order valence-electron chi connectivity index (χ3n) is 3.80. The molecular weight excluding hydrogens is 212 g/mol. The van der Waals surface area contributed by atoms with E-state index >= 15 is 0 Å². The molecule has 0 radical (unpaired) electrons. The molecule has 1 N–H and O–H groups in total. The van der Waals surface area contributed by atoms with Crippen LogP contribution in [0.4, 0.5) is 0 Å². The zero-order chi connectivity index (χ0) is 12.5. The Balaban J connectivity index is 2.19. The average Bonchev–Trinajstić information content (AvgIpc) is 2.35. The summed E-state index contributed by atoms with van der Waals surface area (Å²) in [5.41, 5.74) is 0. The first-order valence-electron chi connectivity index (χ1n) is 7.21. The third kappa shape index (κ3) is 5.84. The molecule has 2 atom stereocenters. The molecule has 1 aliphatic heterocycles. The zero-order valence-corrected chi connectivity index (χ0v) is 11.9. The summed E-state index contributed by atoms with van der Waals surface area (Å²) in [7, 11) is 1.76. The van der Waals surface area contributed by atoms with Crippen LogP contribution in [0.3, 0.4) is 0 Å². The summed E-state index contributed by atoms with van der Waals surface area (Å²) in [4.78, 5) is 2.68. The summed E-state index contributed by atoms with van der Waals surface area (Å²) < 4.78 is 5.05. The molecule has 0 aliphatic carbocycles. The molecule has 0 aromatic rings. The second-order valence-electron chi connectivity index (χ2n) is 5.34. The molecule has 3 nitrogen and oxygen atoms in total. The standard InChI is InChI=1S/C14H30N2O/c1-4-6-13(2)16-9-5-7-14(12-16)11-15-8-10-17-3/h13-15H,4-12H2,1-3H3. The van der Waals surface area contributed by atoms with Crippen molar-refractivity contribution in [1.82, 2.24) is 10.2 Å². The van der Waals surface area contributed by atoms with Gasteiger partial charge >= 0.3 is 0 Å². The number of nitrogens with one attached hydrogen (secondary N) is 1. The Morgan fingerprint density at radius 1 is 1.47 bits per heavy atom. The van der Waals surface area contributed by atoms with Crippen molar-refractivity contribution in [3.05, 3.63) is 0 Å². The van der Waals surface area contributed by atoms with Crippen molar-refractivity contribution >= 4 is 0 Å². The van der Waals surface area contributed by atoms with Gasteiger partial charge in [0.2, 0.25) is 0 Å². The Bertz CT molecular complexity index is 187. The molecule has 0 bridgehead atoms. The number of ether oxygens (including phenoxy) is 1. The lowest BCUT2D eigenvalue weighted by Gasteiger charge is -2.37. The highest BCUT2D eigenvalue weighted by Gasteiger charge is 2.22. The summed E-state index contributed by atoms with van der Waals surface area (Å²) in [6, 6.07) is 0.766. The first-order chi connectivity index (χ1) is 8.27. The van der Waals surface area contributed by atoms with Crippen molar-refractivity contribution < 1.29 is 4.74 Å². The molecule has 0 saturated carbocycles. The van der Waals surface area contributed by atoms with Crippen LogP contribution in [0.5, 0.6) is 0 Å². The molecule has 1 saturated heterocycles. The Kier molecular flexibility index (Phi) is 7.82. The second kappa shape index (κ2) is 8.90. The maximum Gasteiger partial charge on any atom is 0.0587 e. The van der Waals surface area contributed by atoms with E-state index in [9.17, 15) is 0 Å². The van der Waals surface area contributed by atoms with Gasteiger partial charge in [0.15, 0.2) is 0 Å². The van der Waals surface area contributed by atoms with Crippen molar-refractivity contribution in [3.63, 3.8) is 0 Å². The van der Waals surface area contributed by atoms with Crippen LogP contribution in [-0.4, -0.2) is 50.8 Å². The number of piperidine rings is 1. The van der Waals surface area contributed by atoms with E-state index in [2.05, 4.69) is 24.1 Å². The minimum atomic E-state index is 0.766. The highest BCUT2D eigenvalue weighted by molar-refractivity contribution is 4.78. The van der Waals surface area contributed by atoms with Crippen LogP contribution in [0.25, 0.3) is 0 Å². The molecule has 1 aliphatic rings. The topological polar surface area (TPSA) is 24.5 Å². The molecule has 0 amide bonds. The van der Waals surface area contributed by atoms with Crippen LogP contribution in [0.1, 0.15) is 39.5 Å². The lowest BCUT2D eigenvalue weighted by atomic mass is 9.96. The lowest BCUT2D eigenvalue weighted by molar-refractivity contribution is 0.122. The number of nitrogens with zero attached hydrogens (tertiary/aromatic N) is 1. The Hall–Kier alpha value is -0.120. The van der Waals surface area contributed by atoms with Crippen molar-refractivity contribution in [2.45, 2.75) is 45.6 Å². The number of rotatable bonds is 8. The highest BCUT2D eigenvalue weighted by Crippen LogP contribution is 2.19. The van der Waals surface area contributed by atoms with E-state index < -0.39 is 0 Å². The maximum atomic E-state index is 5.05. The van der Waals surface area contributed by atoms with Crippen LogP contribution in [0.2, 0.25) is 0 Å². The molecule has 3 heteroatoms. The van der Waals surface area contributed by atoms with Gasteiger partial charge in [-0.2, -0.15) is 0 Å². The van der Waals surface area contributed by atoms with Crippen LogP contribution in [-0.2, 0) is 4.74 Å². The smallest absolute Gasteiger partial charge is 0.0587 e. The van der Waals surface area contributed by atoms with Crippen molar-refractivity contribution in [3.8, 4) is 0 Å². The van der Waals surface area contributed by atoms with E-state index in [-0.39, 0.29) is 0 Å². The minimum absolute atomic E-state index is 0.766. The predicted molar refractivity (Wildman–Crippen MR) is 73.4 cm³/mol. The van der Waals surface area contributed by atoms with E-state index in [1.54, 1.807) is 7.11 Å².